The second kappa shape index (κ2) is 8.50. The average molecular weight is 434 g/mol. The molecular formula is C25H27N3O2S. The summed E-state index contributed by atoms with van der Waals surface area (Å²) >= 11 is 1.32. The molecule has 31 heavy (non-hydrogen) atoms. The molecule has 2 aliphatic carbocycles. The van der Waals surface area contributed by atoms with Crippen molar-refractivity contribution in [2.45, 2.75) is 43.8 Å². The van der Waals surface area contributed by atoms with E-state index in [0.29, 0.717) is 22.0 Å². The van der Waals surface area contributed by atoms with Gasteiger partial charge in [0.15, 0.2) is 5.16 Å². The van der Waals surface area contributed by atoms with Gasteiger partial charge in [-0.1, -0.05) is 48.5 Å². The summed E-state index contributed by atoms with van der Waals surface area (Å²) in [6.07, 6.45) is 5.26. The maximum atomic E-state index is 13.2. The lowest BCUT2D eigenvalue weighted by Gasteiger charge is -2.28. The van der Waals surface area contributed by atoms with Crippen LogP contribution in [-0.2, 0) is 4.79 Å². The molecule has 0 unspecified atom stereocenters. The molecular weight excluding hydrogens is 406 g/mol. The van der Waals surface area contributed by atoms with Gasteiger partial charge in [-0.25, -0.2) is 4.98 Å². The molecule has 2 fully saturated rings. The van der Waals surface area contributed by atoms with E-state index in [2.05, 4.69) is 12.2 Å². The van der Waals surface area contributed by atoms with Crippen molar-refractivity contribution in [3.8, 4) is 5.69 Å². The second-order valence-corrected chi connectivity index (χ2v) is 9.81. The number of aromatic nitrogens is 2. The van der Waals surface area contributed by atoms with Gasteiger partial charge >= 0.3 is 0 Å². The van der Waals surface area contributed by atoms with Gasteiger partial charge in [-0.05, 0) is 68.2 Å². The van der Waals surface area contributed by atoms with E-state index >= 15 is 0 Å². The molecule has 0 saturated heterocycles. The molecule has 2 aliphatic rings. The van der Waals surface area contributed by atoms with Crippen LogP contribution >= 0.6 is 11.8 Å². The molecule has 0 radical (unpaired) electrons. The van der Waals surface area contributed by atoms with E-state index < -0.39 is 0 Å². The summed E-state index contributed by atoms with van der Waals surface area (Å²) in [4.78, 5) is 30.7. The fraction of sp³-hybridized carbons (Fsp3) is 0.400. The highest BCUT2D eigenvalue weighted by Crippen LogP contribution is 2.49. The molecule has 2 saturated carbocycles. The van der Waals surface area contributed by atoms with E-state index in [0.717, 1.165) is 17.5 Å². The van der Waals surface area contributed by atoms with Crippen LogP contribution < -0.4 is 10.9 Å². The van der Waals surface area contributed by atoms with Gasteiger partial charge in [-0.15, -0.1) is 0 Å². The first-order chi connectivity index (χ1) is 15.1. The van der Waals surface area contributed by atoms with E-state index in [-0.39, 0.29) is 23.3 Å². The van der Waals surface area contributed by atoms with Crippen LogP contribution in [0, 0.1) is 17.8 Å². The van der Waals surface area contributed by atoms with Gasteiger partial charge < -0.3 is 5.32 Å². The number of carbonyl (C=O) groups is 1. The molecule has 0 aliphatic heterocycles. The van der Waals surface area contributed by atoms with Crippen LogP contribution in [0.3, 0.4) is 0 Å². The van der Waals surface area contributed by atoms with E-state index in [1.807, 2.05) is 48.5 Å². The summed E-state index contributed by atoms with van der Waals surface area (Å²) in [7, 11) is 0. The number of carbonyl (C=O) groups excluding carboxylic acids is 1. The summed E-state index contributed by atoms with van der Waals surface area (Å²) in [5, 5.41) is 4.33. The van der Waals surface area contributed by atoms with Crippen molar-refractivity contribution >= 4 is 28.6 Å². The molecule has 1 aromatic heterocycles. The molecule has 0 spiro atoms. The van der Waals surface area contributed by atoms with Crippen LogP contribution in [0.25, 0.3) is 16.6 Å². The van der Waals surface area contributed by atoms with E-state index in [4.69, 9.17) is 4.98 Å². The number of benzene rings is 2. The molecule has 6 heteroatoms. The minimum Gasteiger partial charge on any atom is -0.353 e. The number of para-hydroxylation sites is 2. The zero-order valence-corrected chi connectivity index (χ0v) is 18.5. The molecule has 5 rings (SSSR count). The zero-order chi connectivity index (χ0) is 21.4. The van der Waals surface area contributed by atoms with Gasteiger partial charge in [0, 0.05) is 6.04 Å². The lowest BCUT2D eigenvalue weighted by molar-refractivity contribution is -0.119. The Balaban J connectivity index is 1.36. The predicted octanol–water partition coefficient (Wildman–Crippen LogP) is 4.42. The SMILES string of the molecule is C[C@@H](NC(=O)CSc1nc2ccccc2c(=O)n1-c1ccccc1)[C@@H]1C[C@H]2CC[C@H]1C2. The van der Waals surface area contributed by atoms with Crippen molar-refractivity contribution in [3.63, 3.8) is 0 Å². The normalized spacial score (nSPS) is 23.2. The fourth-order valence-electron chi connectivity index (χ4n) is 5.45. The minimum absolute atomic E-state index is 0.00212. The Labute approximate surface area is 186 Å². The highest BCUT2D eigenvalue weighted by Gasteiger charge is 2.42. The topological polar surface area (TPSA) is 64.0 Å². The minimum atomic E-state index is -0.116. The van der Waals surface area contributed by atoms with Crippen LogP contribution in [-0.4, -0.2) is 27.3 Å². The van der Waals surface area contributed by atoms with Crippen molar-refractivity contribution < 1.29 is 4.79 Å². The smallest absolute Gasteiger partial charge is 0.266 e. The number of nitrogens with zero attached hydrogens (tertiary/aromatic N) is 2. The Kier molecular flexibility index (Phi) is 5.57. The second-order valence-electron chi connectivity index (χ2n) is 8.87. The van der Waals surface area contributed by atoms with Gasteiger partial charge in [0.2, 0.25) is 5.91 Å². The van der Waals surface area contributed by atoms with Crippen LogP contribution in [0.5, 0.6) is 0 Å². The number of hydrogen-bond acceptors (Lipinski definition) is 4. The Morgan fingerprint density at radius 2 is 1.90 bits per heavy atom. The molecule has 1 N–H and O–H groups in total. The van der Waals surface area contributed by atoms with Crippen molar-refractivity contribution in [3.05, 3.63) is 65.0 Å². The lowest BCUT2D eigenvalue weighted by atomic mass is 9.84. The van der Waals surface area contributed by atoms with E-state index in [1.54, 1.807) is 10.6 Å². The van der Waals surface area contributed by atoms with Gasteiger partial charge in [0.05, 0.1) is 22.3 Å². The van der Waals surface area contributed by atoms with Gasteiger partial charge in [0.1, 0.15) is 0 Å². The summed E-state index contributed by atoms with van der Waals surface area (Å²) in [6, 6.07) is 17.0. The fourth-order valence-corrected chi connectivity index (χ4v) is 6.28. The van der Waals surface area contributed by atoms with Gasteiger partial charge in [-0.3, -0.25) is 14.2 Å². The number of amides is 1. The van der Waals surface area contributed by atoms with Gasteiger partial charge in [-0.2, -0.15) is 0 Å². The predicted molar refractivity (Wildman–Crippen MR) is 125 cm³/mol. The monoisotopic (exact) mass is 433 g/mol. The molecule has 2 aromatic carbocycles. The highest BCUT2D eigenvalue weighted by molar-refractivity contribution is 7.99. The van der Waals surface area contributed by atoms with E-state index in [1.165, 1.54) is 37.4 Å². The summed E-state index contributed by atoms with van der Waals surface area (Å²) in [5.41, 5.74) is 1.29. The lowest BCUT2D eigenvalue weighted by Crippen LogP contribution is -2.41. The molecule has 3 aromatic rings. The third-order valence-electron chi connectivity index (χ3n) is 6.92. The molecule has 4 atom stereocenters. The summed E-state index contributed by atoms with van der Waals surface area (Å²) < 4.78 is 1.61. The standard InChI is InChI=1S/C25H27N3O2S/c1-16(21-14-17-11-12-18(21)13-17)26-23(29)15-31-25-27-22-10-6-5-9-20(22)24(30)28(25)19-7-3-2-4-8-19/h2-10,16-18,21H,11-15H2,1H3,(H,26,29)/t16-,17+,18+,21+/m1/s1. The average Bonchev–Trinajstić information content (AvgIpc) is 3.42. The molecule has 2 bridgehead atoms. The van der Waals surface area contributed by atoms with Crippen molar-refractivity contribution in [1.82, 2.24) is 14.9 Å². The number of thioether (sulfide) groups is 1. The largest absolute Gasteiger partial charge is 0.353 e. The first-order valence-corrected chi connectivity index (χ1v) is 12.1. The number of fused-ring (bicyclic) bond motifs is 3. The number of nitrogens with one attached hydrogen (secondary N) is 1. The maximum absolute atomic E-state index is 13.2. The third-order valence-corrected chi connectivity index (χ3v) is 7.85. The van der Waals surface area contributed by atoms with Crippen molar-refractivity contribution in [1.29, 1.82) is 0 Å². The van der Waals surface area contributed by atoms with E-state index in [9.17, 15) is 9.59 Å². The molecule has 1 amide bonds. The Bertz CT molecular complexity index is 1160. The first-order valence-electron chi connectivity index (χ1n) is 11.1. The third kappa shape index (κ3) is 4.01. The Morgan fingerprint density at radius 3 is 2.65 bits per heavy atom. The highest BCUT2D eigenvalue weighted by atomic mass is 32.2. The summed E-state index contributed by atoms with van der Waals surface area (Å²) in [6.45, 7) is 2.14. The molecule has 1 heterocycles. The Morgan fingerprint density at radius 1 is 1.13 bits per heavy atom. The molecule has 5 nitrogen and oxygen atoms in total. The first kappa shape index (κ1) is 20.3. The Hall–Kier alpha value is -2.60. The summed E-state index contributed by atoms with van der Waals surface area (Å²) in [5.74, 6) is 2.49. The van der Waals surface area contributed by atoms with Crippen LogP contribution in [0.4, 0.5) is 0 Å². The quantitative estimate of drug-likeness (QED) is 0.462. The maximum Gasteiger partial charge on any atom is 0.266 e. The molecule has 160 valence electrons. The number of rotatable bonds is 6. The number of hydrogen-bond donors (Lipinski definition) is 1. The van der Waals surface area contributed by atoms with Crippen molar-refractivity contribution in [2.24, 2.45) is 17.8 Å². The zero-order valence-electron chi connectivity index (χ0n) is 17.7. The van der Waals surface area contributed by atoms with Crippen LogP contribution in [0.2, 0.25) is 0 Å². The van der Waals surface area contributed by atoms with Crippen LogP contribution in [0.1, 0.15) is 32.6 Å². The van der Waals surface area contributed by atoms with Gasteiger partial charge in [0.25, 0.3) is 5.56 Å². The van der Waals surface area contributed by atoms with Crippen molar-refractivity contribution in [2.75, 3.05) is 5.75 Å². The van der Waals surface area contributed by atoms with Crippen LogP contribution in [0.15, 0.2) is 64.5 Å².